The van der Waals surface area contributed by atoms with Gasteiger partial charge in [0.2, 0.25) is 0 Å². The summed E-state index contributed by atoms with van der Waals surface area (Å²) in [7, 11) is 0. The average molecular weight is 425 g/mol. The summed E-state index contributed by atoms with van der Waals surface area (Å²) >= 11 is 0. The molecule has 0 bridgehead atoms. The van der Waals surface area contributed by atoms with E-state index in [1.54, 1.807) is 6.92 Å². The first-order valence-electron chi connectivity index (χ1n) is 8.63. The molecule has 0 fully saturated rings. The van der Waals surface area contributed by atoms with Gasteiger partial charge < -0.3 is 4.90 Å². The Morgan fingerprint density at radius 1 is 1.17 bits per heavy atom. The van der Waals surface area contributed by atoms with Crippen LogP contribution in [-0.4, -0.2) is 47.3 Å². The lowest BCUT2D eigenvalue weighted by Crippen LogP contribution is -2.40. The van der Waals surface area contributed by atoms with Crippen molar-refractivity contribution >= 4 is 5.91 Å². The van der Waals surface area contributed by atoms with Gasteiger partial charge in [-0.3, -0.25) is 4.79 Å². The SMILES string of the molecule is CC1c2nnn(-c3ncc(F)cn3)c2CCN1C(=O)c1ccnc(C(F)(F)F)c1F. The molecule has 8 nitrogen and oxygen atoms in total. The van der Waals surface area contributed by atoms with Gasteiger partial charge in [-0.05, 0) is 13.0 Å². The standard InChI is InChI=1S/C17H12F5N7O/c1-8-13-11(29(27-26-13)16-24-6-9(18)7-25-16)3-5-28(8)15(30)10-2-4-23-14(12(10)19)17(20,21)22/h2,4,6-8H,3,5H2,1H3. The van der Waals surface area contributed by atoms with Crippen molar-refractivity contribution in [1.82, 2.24) is 34.8 Å². The highest BCUT2D eigenvalue weighted by atomic mass is 19.4. The Balaban J connectivity index is 1.66. The van der Waals surface area contributed by atoms with E-state index < -0.39 is 41.0 Å². The molecule has 3 aromatic rings. The maximum Gasteiger partial charge on any atom is 0.436 e. The zero-order valence-corrected chi connectivity index (χ0v) is 15.2. The lowest BCUT2D eigenvalue weighted by molar-refractivity contribution is -0.143. The molecule has 30 heavy (non-hydrogen) atoms. The Morgan fingerprint density at radius 2 is 1.87 bits per heavy atom. The van der Waals surface area contributed by atoms with Crippen LogP contribution in [0.2, 0.25) is 0 Å². The number of halogens is 5. The Hall–Kier alpha value is -3.51. The van der Waals surface area contributed by atoms with Crippen molar-refractivity contribution < 1.29 is 26.7 Å². The lowest BCUT2D eigenvalue weighted by atomic mass is 10.0. The predicted molar refractivity (Wildman–Crippen MR) is 89.3 cm³/mol. The molecule has 0 aromatic carbocycles. The highest BCUT2D eigenvalue weighted by Gasteiger charge is 2.40. The Labute approximate surface area is 165 Å². The zero-order chi connectivity index (χ0) is 21.6. The number of fused-ring (bicyclic) bond motifs is 1. The summed E-state index contributed by atoms with van der Waals surface area (Å²) in [6, 6.07) is 0.190. The number of pyridine rings is 1. The lowest BCUT2D eigenvalue weighted by Gasteiger charge is -2.32. The maximum absolute atomic E-state index is 14.3. The summed E-state index contributed by atoms with van der Waals surface area (Å²) in [6.07, 6.45) is -2.16. The van der Waals surface area contributed by atoms with E-state index in [9.17, 15) is 26.7 Å². The highest BCUT2D eigenvalue weighted by molar-refractivity contribution is 5.95. The van der Waals surface area contributed by atoms with E-state index in [1.165, 1.54) is 9.58 Å². The van der Waals surface area contributed by atoms with Crippen molar-refractivity contribution in [2.75, 3.05) is 6.54 Å². The van der Waals surface area contributed by atoms with Crippen molar-refractivity contribution in [2.24, 2.45) is 0 Å². The largest absolute Gasteiger partial charge is 0.436 e. The molecule has 4 rings (SSSR count). The van der Waals surface area contributed by atoms with E-state index in [4.69, 9.17) is 0 Å². The molecule has 0 aliphatic carbocycles. The van der Waals surface area contributed by atoms with Gasteiger partial charge in [-0.25, -0.2) is 23.7 Å². The number of hydrogen-bond donors (Lipinski definition) is 0. The van der Waals surface area contributed by atoms with E-state index in [-0.39, 0.29) is 18.9 Å². The Morgan fingerprint density at radius 3 is 2.53 bits per heavy atom. The van der Waals surface area contributed by atoms with Crippen LogP contribution in [-0.2, 0) is 12.6 Å². The Bertz CT molecular complexity index is 1110. The van der Waals surface area contributed by atoms with Crippen molar-refractivity contribution in [3.8, 4) is 5.95 Å². The molecule has 0 spiro atoms. The van der Waals surface area contributed by atoms with Crippen LogP contribution in [0.3, 0.4) is 0 Å². The minimum atomic E-state index is -5.03. The molecule has 156 valence electrons. The second kappa shape index (κ2) is 7.07. The van der Waals surface area contributed by atoms with Crippen molar-refractivity contribution in [1.29, 1.82) is 0 Å². The van der Waals surface area contributed by atoms with Gasteiger partial charge in [0.15, 0.2) is 17.3 Å². The third-order valence-corrected chi connectivity index (χ3v) is 4.69. The van der Waals surface area contributed by atoms with Crippen LogP contribution in [0.15, 0.2) is 24.7 Å². The summed E-state index contributed by atoms with van der Waals surface area (Å²) in [5.74, 6) is -3.20. The predicted octanol–water partition coefficient (Wildman–Crippen LogP) is 2.51. The van der Waals surface area contributed by atoms with Crippen LogP contribution < -0.4 is 0 Å². The molecule has 13 heteroatoms. The number of alkyl halides is 3. The molecular formula is C17H12F5N7O. The molecule has 1 unspecified atom stereocenters. The Kier molecular flexibility index (Phi) is 4.67. The van der Waals surface area contributed by atoms with Gasteiger partial charge >= 0.3 is 6.18 Å². The van der Waals surface area contributed by atoms with Gasteiger partial charge in [0, 0.05) is 19.2 Å². The first-order valence-corrected chi connectivity index (χ1v) is 8.63. The minimum absolute atomic E-state index is 0.0602. The quantitative estimate of drug-likeness (QED) is 0.587. The highest BCUT2D eigenvalue weighted by Crippen LogP contribution is 2.33. The van der Waals surface area contributed by atoms with E-state index in [0.29, 0.717) is 11.4 Å². The molecule has 0 saturated carbocycles. The first-order chi connectivity index (χ1) is 14.2. The molecule has 3 aromatic heterocycles. The molecule has 0 saturated heterocycles. The summed E-state index contributed by atoms with van der Waals surface area (Å²) in [6.45, 7) is 1.65. The van der Waals surface area contributed by atoms with Crippen molar-refractivity contribution in [2.45, 2.75) is 25.6 Å². The van der Waals surface area contributed by atoms with Crippen LogP contribution >= 0.6 is 0 Å². The van der Waals surface area contributed by atoms with Gasteiger partial charge in [-0.15, -0.1) is 5.10 Å². The van der Waals surface area contributed by atoms with Crippen LogP contribution in [0.5, 0.6) is 0 Å². The summed E-state index contributed by atoms with van der Waals surface area (Å²) in [5, 5.41) is 7.93. The zero-order valence-electron chi connectivity index (χ0n) is 15.2. The molecule has 1 atom stereocenters. The van der Waals surface area contributed by atoms with Crippen LogP contribution in [0.1, 0.15) is 40.4 Å². The summed E-state index contributed by atoms with van der Waals surface area (Å²) in [5.41, 5.74) is -1.57. The number of rotatable bonds is 2. The fourth-order valence-corrected chi connectivity index (χ4v) is 3.25. The smallest absolute Gasteiger partial charge is 0.330 e. The van der Waals surface area contributed by atoms with Crippen LogP contribution in [0.4, 0.5) is 22.0 Å². The topological polar surface area (TPSA) is 89.7 Å². The number of aromatic nitrogens is 6. The third-order valence-electron chi connectivity index (χ3n) is 4.69. The van der Waals surface area contributed by atoms with Crippen molar-refractivity contribution in [3.05, 3.63) is 58.9 Å². The summed E-state index contributed by atoms with van der Waals surface area (Å²) in [4.78, 5) is 24.7. The maximum atomic E-state index is 14.3. The molecule has 1 amide bonds. The normalized spacial score (nSPS) is 16.5. The second-order valence-corrected chi connectivity index (χ2v) is 6.48. The van der Waals surface area contributed by atoms with Gasteiger partial charge in [0.05, 0.1) is 29.7 Å². The van der Waals surface area contributed by atoms with Gasteiger partial charge in [0.1, 0.15) is 5.69 Å². The van der Waals surface area contributed by atoms with E-state index >= 15 is 0 Å². The van der Waals surface area contributed by atoms with Gasteiger partial charge in [0.25, 0.3) is 11.9 Å². The second-order valence-electron chi connectivity index (χ2n) is 6.48. The fraction of sp³-hybridized carbons (Fsp3) is 0.294. The number of hydrogen-bond acceptors (Lipinski definition) is 6. The van der Waals surface area contributed by atoms with Crippen LogP contribution in [0.25, 0.3) is 5.95 Å². The van der Waals surface area contributed by atoms with Crippen LogP contribution in [0, 0.1) is 11.6 Å². The molecule has 0 radical (unpaired) electrons. The monoisotopic (exact) mass is 425 g/mol. The number of nitrogens with zero attached hydrogens (tertiary/aromatic N) is 7. The first kappa shape index (κ1) is 19.8. The van der Waals surface area contributed by atoms with E-state index in [1.807, 2.05) is 0 Å². The van der Waals surface area contributed by atoms with Gasteiger partial charge in [-0.2, -0.15) is 17.9 Å². The van der Waals surface area contributed by atoms with Gasteiger partial charge in [-0.1, -0.05) is 5.21 Å². The number of amides is 1. The van der Waals surface area contributed by atoms with Crippen molar-refractivity contribution in [3.63, 3.8) is 0 Å². The molecular weight excluding hydrogens is 413 g/mol. The molecule has 1 aliphatic rings. The third kappa shape index (κ3) is 3.25. The average Bonchev–Trinajstić information content (AvgIpc) is 3.13. The number of carbonyl (C=O) groups excluding carboxylic acids is 1. The molecule has 0 N–H and O–H groups in total. The minimum Gasteiger partial charge on any atom is -0.330 e. The number of carbonyl (C=O) groups is 1. The van der Waals surface area contributed by atoms with E-state index in [2.05, 4.69) is 25.3 Å². The van der Waals surface area contributed by atoms with E-state index in [0.717, 1.165) is 24.7 Å². The molecule has 1 aliphatic heterocycles. The summed E-state index contributed by atoms with van der Waals surface area (Å²) < 4.78 is 67.4. The fourth-order valence-electron chi connectivity index (χ4n) is 3.25. The molecule has 4 heterocycles.